The number of amides is 2. The molecule has 2 aliphatic heterocycles. The van der Waals surface area contributed by atoms with E-state index in [1.54, 1.807) is 12.0 Å². The standard InChI is InChI=1S/C28H31N5O4/c1-37-25-9-5-8-22-21(25)14-23(32-22)28(36)33-16-19(17-6-3-2-4-7-17)13-24(33)27(35)31-20(15-29)12-18-10-11-30-26(18)34/h2-9,14,18-20,24,28,32,36H,10-13,16H2,1H3,(H,30,34)(H,31,35). The Kier molecular flexibility index (Phi) is 7.12. The molecule has 9 nitrogen and oxygen atoms in total. The van der Waals surface area contributed by atoms with Gasteiger partial charge < -0.3 is 25.5 Å². The van der Waals surface area contributed by atoms with E-state index in [9.17, 15) is 20.0 Å². The van der Waals surface area contributed by atoms with Gasteiger partial charge in [0, 0.05) is 29.9 Å². The van der Waals surface area contributed by atoms with Gasteiger partial charge in [0.15, 0.2) is 0 Å². The van der Waals surface area contributed by atoms with Gasteiger partial charge in [-0.2, -0.15) is 5.26 Å². The first-order valence-corrected chi connectivity index (χ1v) is 12.6. The fourth-order valence-electron chi connectivity index (χ4n) is 5.57. The molecule has 5 rings (SSSR count). The fourth-order valence-corrected chi connectivity index (χ4v) is 5.57. The number of H-pyrrole nitrogens is 1. The molecule has 3 heterocycles. The lowest BCUT2D eigenvalue weighted by Crippen LogP contribution is -2.48. The van der Waals surface area contributed by atoms with Crippen molar-refractivity contribution in [3.63, 3.8) is 0 Å². The van der Waals surface area contributed by atoms with Crippen LogP contribution in [0.5, 0.6) is 5.75 Å². The predicted octanol–water partition coefficient (Wildman–Crippen LogP) is 2.56. The molecule has 5 unspecified atom stereocenters. The number of likely N-dealkylation sites (tertiary alicyclic amines) is 1. The van der Waals surface area contributed by atoms with Gasteiger partial charge in [-0.15, -0.1) is 0 Å². The van der Waals surface area contributed by atoms with E-state index in [0.29, 0.717) is 37.4 Å². The first-order chi connectivity index (χ1) is 18.0. The minimum absolute atomic E-state index is 0.0339. The first-order valence-electron chi connectivity index (χ1n) is 12.6. The van der Waals surface area contributed by atoms with Crippen molar-refractivity contribution in [2.45, 2.75) is 43.5 Å². The Labute approximate surface area is 215 Å². The minimum Gasteiger partial charge on any atom is -0.496 e. The largest absolute Gasteiger partial charge is 0.496 e. The molecule has 2 amide bonds. The normalized spacial score (nSPS) is 23.4. The van der Waals surface area contributed by atoms with E-state index in [4.69, 9.17) is 4.74 Å². The van der Waals surface area contributed by atoms with Gasteiger partial charge in [0.25, 0.3) is 0 Å². The molecule has 4 N–H and O–H groups in total. The number of fused-ring (bicyclic) bond motifs is 1. The molecule has 3 aromatic rings. The summed E-state index contributed by atoms with van der Waals surface area (Å²) in [6.45, 7) is 1.06. The zero-order valence-electron chi connectivity index (χ0n) is 20.7. The second kappa shape index (κ2) is 10.6. The number of nitrogens with zero attached hydrogens (tertiary/aromatic N) is 2. The Bertz CT molecular complexity index is 1320. The third kappa shape index (κ3) is 5.03. The molecule has 5 atom stereocenters. The van der Waals surface area contributed by atoms with Crippen LogP contribution in [0.15, 0.2) is 54.6 Å². The van der Waals surface area contributed by atoms with Crippen molar-refractivity contribution in [1.29, 1.82) is 5.26 Å². The molecule has 192 valence electrons. The number of aromatic amines is 1. The van der Waals surface area contributed by atoms with Gasteiger partial charge in [-0.25, -0.2) is 0 Å². The maximum atomic E-state index is 13.5. The minimum atomic E-state index is -1.07. The molecule has 2 saturated heterocycles. The van der Waals surface area contributed by atoms with Crippen molar-refractivity contribution < 1.29 is 19.4 Å². The van der Waals surface area contributed by atoms with E-state index < -0.39 is 18.3 Å². The number of carbonyl (C=O) groups excluding carboxylic acids is 2. The summed E-state index contributed by atoms with van der Waals surface area (Å²) in [5, 5.41) is 27.6. The number of aliphatic hydroxyl groups is 1. The summed E-state index contributed by atoms with van der Waals surface area (Å²) in [6.07, 6.45) is 0.357. The summed E-state index contributed by atoms with van der Waals surface area (Å²) in [7, 11) is 1.60. The van der Waals surface area contributed by atoms with Crippen LogP contribution in [0.2, 0.25) is 0 Å². The van der Waals surface area contributed by atoms with Crippen LogP contribution >= 0.6 is 0 Å². The highest BCUT2D eigenvalue weighted by Crippen LogP contribution is 2.38. The second-order valence-corrected chi connectivity index (χ2v) is 9.78. The lowest BCUT2D eigenvalue weighted by atomic mass is 9.95. The third-order valence-electron chi connectivity index (χ3n) is 7.53. The molecule has 9 heteroatoms. The van der Waals surface area contributed by atoms with Crippen LogP contribution < -0.4 is 15.4 Å². The summed E-state index contributed by atoms with van der Waals surface area (Å²) in [6, 6.07) is 18.1. The number of carbonyl (C=O) groups is 2. The van der Waals surface area contributed by atoms with Crippen molar-refractivity contribution in [1.82, 2.24) is 20.5 Å². The van der Waals surface area contributed by atoms with Crippen LogP contribution in [0.3, 0.4) is 0 Å². The van der Waals surface area contributed by atoms with Gasteiger partial charge in [-0.3, -0.25) is 14.5 Å². The van der Waals surface area contributed by atoms with Crippen LogP contribution in [0, 0.1) is 17.2 Å². The van der Waals surface area contributed by atoms with Gasteiger partial charge in [0.2, 0.25) is 11.8 Å². The van der Waals surface area contributed by atoms with Gasteiger partial charge in [-0.05, 0) is 48.9 Å². The number of benzene rings is 2. The van der Waals surface area contributed by atoms with Crippen molar-refractivity contribution in [3.8, 4) is 11.8 Å². The van der Waals surface area contributed by atoms with E-state index in [1.807, 2.05) is 54.6 Å². The van der Waals surface area contributed by atoms with Crippen LogP contribution in [0.4, 0.5) is 0 Å². The number of hydrogen-bond acceptors (Lipinski definition) is 6. The highest BCUT2D eigenvalue weighted by molar-refractivity contribution is 5.87. The number of nitriles is 1. The maximum absolute atomic E-state index is 13.5. The summed E-state index contributed by atoms with van der Waals surface area (Å²) >= 11 is 0. The highest BCUT2D eigenvalue weighted by Gasteiger charge is 2.42. The molecular formula is C28H31N5O4. The topological polar surface area (TPSA) is 130 Å². The summed E-state index contributed by atoms with van der Waals surface area (Å²) in [5.74, 6) is 0.0417. The molecular weight excluding hydrogens is 470 g/mol. The molecule has 2 fully saturated rings. The lowest BCUT2D eigenvalue weighted by molar-refractivity contribution is -0.130. The van der Waals surface area contributed by atoms with E-state index in [1.165, 1.54) is 0 Å². The molecule has 0 saturated carbocycles. The Morgan fingerprint density at radius 1 is 1.27 bits per heavy atom. The zero-order chi connectivity index (χ0) is 25.9. The molecule has 0 radical (unpaired) electrons. The number of hydrogen-bond donors (Lipinski definition) is 4. The monoisotopic (exact) mass is 501 g/mol. The van der Waals surface area contributed by atoms with Gasteiger partial charge >= 0.3 is 0 Å². The van der Waals surface area contributed by atoms with Crippen LogP contribution in [0.1, 0.15) is 42.7 Å². The Morgan fingerprint density at radius 3 is 2.78 bits per heavy atom. The molecule has 37 heavy (non-hydrogen) atoms. The molecule has 0 spiro atoms. The van der Waals surface area contributed by atoms with Crippen molar-refractivity contribution in [2.75, 3.05) is 20.2 Å². The average molecular weight is 502 g/mol. The van der Waals surface area contributed by atoms with E-state index >= 15 is 0 Å². The number of ether oxygens (including phenoxy) is 1. The van der Waals surface area contributed by atoms with Crippen LogP contribution in [0.25, 0.3) is 10.9 Å². The smallest absolute Gasteiger partial charge is 0.238 e. The van der Waals surface area contributed by atoms with E-state index in [-0.39, 0.29) is 30.1 Å². The highest BCUT2D eigenvalue weighted by atomic mass is 16.5. The number of nitrogens with one attached hydrogen (secondary N) is 3. The zero-order valence-corrected chi connectivity index (χ0v) is 20.7. The van der Waals surface area contributed by atoms with Gasteiger partial charge in [0.05, 0.1) is 24.9 Å². The van der Waals surface area contributed by atoms with Crippen molar-refractivity contribution >= 4 is 22.7 Å². The second-order valence-electron chi connectivity index (χ2n) is 9.78. The van der Waals surface area contributed by atoms with Crippen molar-refractivity contribution in [3.05, 3.63) is 65.9 Å². The quantitative estimate of drug-likeness (QED) is 0.375. The first kappa shape index (κ1) is 24.8. The Morgan fingerprint density at radius 2 is 2.08 bits per heavy atom. The summed E-state index contributed by atoms with van der Waals surface area (Å²) in [5.41, 5.74) is 2.48. The number of rotatable bonds is 8. The van der Waals surface area contributed by atoms with E-state index in [2.05, 4.69) is 21.7 Å². The lowest BCUT2D eigenvalue weighted by Gasteiger charge is -2.29. The molecule has 2 aliphatic rings. The average Bonchev–Trinajstić information content (AvgIpc) is 3.66. The molecule has 2 aromatic carbocycles. The number of aliphatic hydroxyl groups excluding tert-OH is 1. The van der Waals surface area contributed by atoms with Crippen LogP contribution in [-0.2, 0) is 9.59 Å². The van der Waals surface area contributed by atoms with Gasteiger partial charge in [0.1, 0.15) is 18.0 Å². The SMILES string of the molecule is COc1cccc2[nH]c(C(O)N3CC(c4ccccc4)CC3C(=O)NC(C#N)CC3CCNC3=O)cc12. The maximum Gasteiger partial charge on any atom is 0.238 e. The Hall–Kier alpha value is -3.87. The van der Waals surface area contributed by atoms with Crippen LogP contribution in [-0.4, -0.2) is 59.1 Å². The number of methoxy groups -OCH3 is 1. The predicted molar refractivity (Wildman–Crippen MR) is 137 cm³/mol. The molecule has 0 aliphatic carbocycles. The Balaban J connectivity index is 1.39. The van der Waals surface area contributed by atoms with Crippen molar-refractivity contribution in [2.24, 2.45) is 5.92 Å². The third-order valence-corrected chi connectivity index (χ3v) is 7.53. The fraction of sp³-hybridized carbons (Fsp3) is 0.393. The summed E-state index contributed by atoms with van der Waals surface area (Å²) in [4.78, 5) is 30.6. The van der Waals surface area contributed by atoms with E-state index in [0.717, 1.165) is 16.5 Å². The molecule has 1 aromatic heterocycles. The summed E-state index contributed by atoms with van der Waals surface area (Å²) < 4.78 is 5.46. The number of aromatic nitrogens is 1. The molecule has 0 bridgehead atoms. The van der Waals surface area contributed by atoms with Gasteiger partial charge in [-0.1, -0.05) is 36.4 Å².